The summed E-state index contributed by atoms with van der Waals surface area (Å²) in [5.41, 5.74) is 12.1. The molecule has 6 N–H and O–H groups in total. The number of rotatable bonds is 5. The first kappa shape index (κ1) is 13.3. The lowest BCUT2D eigenvalue weighted by Crippen LogP contribution is -2.11. The summed E-state index contributed by atoms with van der Waals surface area (Å²) in [5, 5.41) is 9.44. The predicted octanol–water partition coefficient (Wildman–Crippen LogP) is 0.899. The number of H-pyrrole nitrogens is 1. The van der Waals surface area contributed by atoms with Crippen molar-refractivity contribution >= 4 is 35.8 Å². The molecule has 1 amide bonds. The number of benzene rings is 1. The predicted molar refractivity (Wildman–Crippen MR) is 77.7 cm³/mol. The van der Waals surface area contributed by atoms with Crippen molar-refractivity contribution in [2.75, 3.05) is 5.32 Å². The fourth-order valence-corrected chi connectivity index (χ4v) is 1.48. The summed E-state index contributed by atoms with van der Waals surface area (Å²) in [5.74, 6) is -0.108. The number of carbonyl (C=O) groups excluding carboxylic acids is 1. The van der Waals surface area contributed by atoms with Gasteiger partial charge in [-0.1, -0.05) is 0 Å². The molecule has 0 fully saturated rings. The number of nitrogens with one attached hydrogen (secondary N) is 2. The lowest BCUT2D eigenvalue weighted by atomic mass is 10.2. The van der Waals surface area contributed by atoms with Gasteiger partial charge >= 0.3 is 0 Å². The second-order valence-electron chi connectivity index (χ2n) is 3.74. The molecule has 0 radical (unpaired) electrons. The standard InChI is InChI=1S/C12H13N7O/c13-6-15-7-16-8-1-3-9(4-2-8)18-12-10(11(14)20)5-17-19-12/h1-7H,(H2,14,20)(H2,13,15,16)(H2,17,18,19). The summed E-state index contributed by atoms with van der Waals surface area (Å²) in [6, 6.07) is 7.16. The third-order valence-electron chi connectivity index (χ3n) is 2.40. The van der Waals surface area contributed by atoms with E-state index >= 15 is 0 Å². The first-order valence-electron chi connectivity index (χ1n) is 5.67. The van der Waals surface area contributed by atoms with Gasteiger partial charge in [0.15, 0.2) is 0 Å². The van der Waals surface area contributed by atoms with Crippen molar-refractivity contribution in [2.45, 2.75) is 0 Å². The van der Waals surface area contributed by atoms with Crippen molar-refractivity contribution < 1.29 is 4.79 Å². The number of carbonyl (C=O) groups is 1. The van der Waals surface area contributed by atoms with Crippen LogP contribution in [-0.2, 0) is 0 Å². The molecule has 0 aliphatic heterocycles. The van der Waals surface area contributed by atoms with E-state index in [0.29, 0.717) is 11.4 Å². The van der Waals surface area contributed by atoms with Crippen molar-refractivity contribution in [3.8, 4) is 0 Å². The van der Waals surface area contributed by atoms with Crippen LogP contribution in [0.4, 0.5) is 17.2 Å². The fourth-order valence-electron chi connectivity index (χ4n) is 1.48. The summed E-state index contributed by atoms with van der Waals surface area (Å²) in [7, 11) is 0. The van der Waals surface area contributed by atoms with E-state index in [4.69, 9.17) is 11.5 Å². The number of hydrogen-bond donors (Lipinski definition) is 4. The highest BCUT2D eigenvalue weighted by atomic mass is 16.1. The van der Waals surface area contributed by atoms with Gasteiger partial charge in [-0.15, -0.1) is 0 Å². The van der Waals surface area contributed by atoms with Gasteiger partial charge in [0, 0.05) is 5.69 Å². The maximum Gasteiger partial charge on any atom is 0.254 e. The summed E-state index contributed by atoms with van der Waals surface area (Å²) >= 11 is 0. The molecule has 0 saturated carbocycles. The number of aromatic amines is 1. The molecule has 0 unspecified atom stereocenters. The molecule has 2 aromatic rings. The van der Waals surface area contributed by atoms with Crippen LogP contribution in [0.1, 0.15) is 10.4 Å². The van der Waals surface area contributed by atoms with Crippen LogP contribution in [0.15, 0.2) is 40.4 Å². The number of primary amides is 1. The number of nitrogens with two attached hydrogens (primary N) is 2. The highest BCUT2D eigenvalue weighted by Crippen LogP contribution is 2.20. The summed E-state index contributed by atoms with van der Waals surface area (Å²) < 4.78 is 0. The summed E-state index contributed by atoms with van der Waals surface area (Å²) in [4.78, 5) is 18.9. The first-order chi connectivity index (χ1) is 9.70. The molecule has 1 aromatic carbocycles. The minimum absolute atomic E-state index is 0.296. The van der Waals surface area contributed by atoms with E-state index < -0.39 is 5.91 Å². The largest absolute Gasteiger partial charge is 0.390 e. The van der Waals surface area contributed by atoms with Crippen LogP contribution in [0, 0.1) is 0 Å². The number of nitrogens with zero attached hydrogens (tertiary/aromatic N) is 3. The van der Waals surface area contributed by atoms with Gasteiger partial charge in [0.05, 0.1) is 18.2 Å². The van der Waals surface area contributed by atoms with Crippen LogP contribution in [0.2, 0.25) is 0 Å². The van der Waals surface area contributed by atoms with Crippen LogP contribution in [0.3, 0.4) is 0 Å². The van der Waals surface area contributed by atoms with Crippen molar-refractivity contribution in [3.05, 3.63) is 36.0 Å². The quantitative estimate of drug-likeness (QED) is 0.474. The van der Waals surface area contributed by atoms with Gasteiger partial charge in [-0.2, -0.15) is 5.10 Å². The number of aromatic nitrogens is 2. The lowest BCUT2D eigenvalue weighted by Gasteiger charge is -2.05. The molecule has 0 aliphatic carbocycles. The van der Waals surface area contributed by atoms with Crippen LogP contribution < -0.4 is 16.8 Å². The molecule has 1 heterocycles. The molecule has 0 spiro atoms. The third kappa shape index (κ3) is 3.19. The SMILES string of the molecule is NC=NC=Nc1ccc(Nc2[nH]ncc2C(N)=O)cc1. The van der Waals surface area contributed by atoms with E-state index in [2.05, 4.69) is 25.5 Å². The molecule has 1 aromatic heterocycles. The molecule has 0 bridgehead atoms. The topological polar surface area (TPSA) is 135 Å². The average molecular weight is 271 g/mol. The Labute approximate surface area is 114 Å². The molecule has 2 rings (SSSR count). The molecule has 0 aliphatic rings. The van der Waals surface area contributed by atoms with Gasteiger partial charge in [-0.25, -0.2) is 9.98 Å². The van der Waals surface area contributed by atoms with Gasteiger partial charge in [0.2, 0.25) is 0 Å². The molecule has 102 valence electrons. The molecule has 0 atom stereocenters. The van der Waals surface area contributed by atoms with Gasteiger partial charge in [-0.05, 0) is 24.3 Å². The molecule has 0 saturated heterocycles. The monoisotopic (exact) mass is 271 g/mol. The summed E-state index contributed by atoms with van der Waals surface area (Å²) in [6.07, 6.45) is 3.87. The van der Waals surface area contributed by atoms with Gasteiger partial charge in [0.25, 0.3) is 5.91 Å². The Morgan fingerprint density at radius 3 is 2.75 bits per heavy atom. The zero-order chi connectivity index (χ0) is 14.4. The van der Waals surface area contributed by atoms with E-state index in [9.17, 15) is 4.79 Å². The molecule has 8 heteroatoms. The van der Waals surface area contributed by atoms with E-state index in [1.807, 2.05) is 0 Å². The van der Waals surface area contributed by atoms with E-state index in [0.717, 1.165) is 17.7 Å². The Kier molecular flexibility index (Phi) is 4.07. The van der Waals surface area contributed by atoms with Crippen LogP contribution in [0.5, 0.6) is 0 Å². The Bertz CT molecular complexity index is 642. The second kappa shape index (κ2) is 6.14. The number of anilines is 2. The zero-order valence-corrected chi connectivity index (χ0v) is 10.4. The molecule has 20 heavy (non-hydrogen) atoms. The molecular formula is C12H13N7O. The molecular weight excluding hydrogens is 258 g/mol. The number of hydrogen-bond acceptors (Lipinski definition) is 4. The second-order valence-corrected chi connectivity index (χ2v) is 3.74. The highest BCUT2D eigenvalue weighted by Gasteiger charge is 2.10. The Morgan fingerprint density at radius 2 is 2.10 bits per heavy atom. The minimum Gasteiger partial charge on any atom is -0.390 e. The van der Waals surface area contributed by atoms with Crippen LogP contribution in [0.25, 0.3) is 0 Å². The minimum atomic E-state index is -0.554. The van der Waals surface area contributed by atoms with Crippen molar-refractivity contribution in [1.82, 2.24) is 10.2 Å². The first-order valence-corrected chi connectivity index (χ1v) is 5.67. The third-order valence-corrected chi connectivity index (χ3v) is 2.40. The van der Waals surface area contributed by atoms with Crippen molar-refractivity contribution in [2.24, 2.45) is 21.5 Å². The maximum absolute atomic E-state index is 11.2. The van der Waals surface area contributed by atoms with Crippen molar-refractivity contribution in [1.29, 1.82) is 0 Å². The van der Waals surface area contributed by atoms with Crippen molar-refractivity contribution in [3.63, 3.8) is 0 Å². The number of aliphatic imine (C=N–C) groups is 2. The van der Waals surface area contributed by atoms with Crippen LogP contribution >= 0.6 is 0 Å². The number of amides is 1. The lowest BCUT2D eigenvalue weighted by molar-refractivity contribution is 0.100. The Morgan fingerprint density at radius 1 is 1.35 bits per heavy atom. The maximum atomic E-state index is 11.2. The Hall–Kier alpha value is -3.16. The fraction of sp³-hybridized carbons (Fsp3) is 0. The van der Waals surface area contributed by atoms with E-state index in [1.165, 1.54) is 12.5 Å². The van der Waals surface area contributed by atoms with Gasteiger partial charge < -0.3 is 16.8 Å². The van der Waals surface area contributed by atoms with Gasteiger partial charge in [0.1, 0.15) is 17.7 Å². The smallest absolute Gasteiger partial charge is 0.254 e. The van der Waals surface area contributed by atoms with E-state index in [-0.39, 0.29) is 0 Å². The summed E-state index contributed by atoms with van der Waals surface area (Å²) in [6.45, 7) is 0. The van der Waals surface area contributed by atoms with Crippen LogP contribution in [-0.4, -0.2) is 28.8 Å². The normalized spacial score (nSPS) is 11.2. The van der Waals surface area contributed by atoms with Gasteiger partial charge in [-0.3, -0.25) is 9.89 Å². The van der Waals surface area contributed by atoms with E-state index in [1.54, 1.807) is 24.3 Å². The zero-order valence-electron chi connectivity index (χ0n) is 10.4. The Balaban J connectivity index is 2.11. The molecule has 8 nitrogen and oxygen atoms in total. The average Bonchev–Trinajstić information content (AvgIpc) is 2.89. The highest BCUT2D eigenvalue weighted by molar-refractivity contribution is 5.98.